The predicted octanol–water partition coefficient (Wildman–Crippen LogP) is 3.60. The zero-order valence-corrected chi connectivity index (χ0v) is 13.0. The first-order chi connectivity index (χ1) is 10.7. The summed E-state index contributed by atoms with van der Waals surface area (Å²) in [7, 11) is 1.31. The minimum absolute atomic E-state index is 0.0856. The van der Waals surface area contributed by atoms with Gasteiger partial charge in [0.05, 0.1) is 13.7 Å². The van der Waals surface area contributed by atoms with Crippen LogP contribution in [0.2, 0.25) is 0 Å². The molecule has 1 aromatic heterocycles. The Bertz CT molecular complexity index is 927. The maximum absolute atomic E-state index is 12.6. The largest absolute Gasteiger partial charge is 0.493 e. The second-order valence-corrected chi connectivity index (χ2v) is 5.78. The molecule has 1 heterocycles. The molecule has 0 fully saturated rings. The molecule has 3 aromatic rings. The van der Waals surface area contributed by atoms with Gasteiger partial charge in [-0.2, -0.15) is 0 Å². The fourth-order valence-corrected chi connectivity index (χ4v) is 3.46. The highest BCUT2D eigenvalue weighted by Crippen LogP contribution is 2.31. The van der Waals surface area contributed by atoms with Gasteiger partial charge in [0.25, 0.3) is 0 Å². The van der Waals surface area contributed by atoms with Gasteiger partial charge in [-0.25, -0.2) is 4.79 Å². The number of fused-ring (bicyclic) bond motifs is 2. The zero-order valence-electron chi connectivity index (χ0n) is 12.2. The molecule has 0 saturated heterocycles. The molecule has 0 bridgehead atoms. The quantitative estimate of drug-likeness (QED) is 0.547. The lowest BCUT2D eigenvalue weighted by molar-refractivity contribution is 0.0596. The average molecular weight is 314 g/mol. The molecule has 0 unspecified atom stereocenters. The Morgan fingerprint density at radius 3 is 2.64 bits per heavy atom. The van der Waals surface area contributed by atoms with Gasteiger partial charge in [0.15, 0.2) is 5.43 Å². The summed E-state index contributed by atoms with van der Waals surface area (Å²) in [5.74, 6) is -0.0734. The molecule has 0 aliphatic carbocycles. The number of ether oxygens (including phenoxy) is 2. The van der Waals surface area contributed by atoms with Crippen molar-refractivity contribution >= 4 is 37.5 Å². The molecular weight excluding hydrogens is 300 g/mol. The van der Waals surface area contributed by atoms with Crippen LogP contribution in [0, 0.1) is 0 Å². The van der Waals surface area contributed by atoms with Gasteiger partial charge >= 0.3 is 5.97 Å². The number of hydrogen-bond acceptors (Lipinski definition) is 5. The van der Waals surface area contributed by atoms with Crippen molar-refractivity contribution in [2.24, 2.45) is 0 Å². The van der Waals surface area contributed by atoms with E-state index in [1.807, 2.05) is 25.1 Å². The number of benzene rings is 2. The molecule has 3 rings (SSSR count). The summed E-state index contributed by atoms with van der Waals surface area (Å²) in [6.07, 6.45) is 0. The second kappa shape index (κ2) is 5.77. The molecule has 22 heavy (non-hydrogen) atoms. The Labute approximate surface area is 130 Å². The van der Waals surface area contributed by atoms with E-state index in [2.05, 4.69) is 0 Å². The van der Waals surface area contributed by atoms with Crippen molar-refractivity contribution in [2.75, 3.05) is 13.7 Å². The van der Waals surface area contributed by atoms with E-state index < -0.39 is 5.97 Å². The Morgan fingerprint density at radius 2 is 1.91 bits per heavy atom. The number of carbonyl (C=O) groups is 1. The van der Waals surface area contributed by atoms with E-state index in [0.29, 0.717) is 23.1 Å². The first-order valence-corrected chi connectivity index (χ1v) is 7.68. The normalized spacial score (nSPS) is 10.8. The van der Waals surface area contributed by atoms with E-state index in [0.717, 1.165) is 9.40 Å². The Hall–Kier alpha value is -2.40. The van der Waals surface area contributed by atoms with Gasteiger partial charge in [-0.15, -0.1) is 11.3 Å². The summed E-state index contributed by atoms with van der Waals surface area (Å²) in [6.45, 7) is 2.27. The van der Waals surface area contributed by atoms with Crippen LogP contribution < -0.4 is 10.2 Å². The maximum Gasteiger partial charge on any atom is 0.341 e. The van der Waals surface area contributed by atoms with Crippen molar-refractivity contribution in [1.29, 1.82) is 0 Å². The molecule has 0 N–H and O–H groups in total. The van der Waals surface area contributed by atoms with Crippen LogP contribution in [0.3, 0.4) is 0 Å². The van der Waals surface area contributed by atoms with Crippen LogP contribution >= 0.6 is 11.3 Å². The minimum atomic E-state index is -0.511. The van der Waals surface area contributed by atoms with Crippen LogP contribution in [0.5, 0.6) is 5.75 Å². The summed E-state index contributed by atoms with van der Waals surface area (Å²) in [4.78, 5) is 24.6. The van der Waals surface area contributed by atoms with Gasteiger partial charge in [-0.05, 0) is 31.2 Å². The van der Waals surface area contributed by atoms with E-state index in [4.69, 9.17) is 9.47 Å². The van der Waals surface area contributed by atoms with Crippen LogP contribution in [0.25, 0.3) is 20.2 Å². The van der Waals surface area contributed by atoms with E-state index in [-0.39, 0.29) is 11.0 Å². The Balaban J connectivity index is 2.39. The summed E-state index contributed by atoms with van der Waals surface area (Å²) in [5, 5.41) is 1.16. The zero-order chi connectivity index (χ0) is 15.7. The molecule has 0 aliphatic rings. The minimum Gasteiger partial charge on any atom is -0.493 e. The second-order valence-electron chi connectivity index (χ2n) is 4.70. The van der Waals surface area contributed by atoms with Crippen molar-refractivity contribution < 1.29 is 14.3 Å². The molecule has 0 saturated carbocycles. The highest BCUT2D eigenvalue weighted by atomic mass is 32.1. The Morgan fingerprint density at radius 1 is 1.14 bits per heavy atom. The number of methoxy groups -OCH3 is 1. The fourth-order valence-electron chi connectivity index (χ4n) is 2.37. The molecule has 0 atom stereocenters. The number of rotatable bonds is 3. The Kier molecular flexibility index (Phi) is 3.81. The lowest BCUT2D eigenvalue weighted by Crippen LogP contribution is -2.08. The van der Waals surface area contributed by atoms with Gasteiger partial charge in [-0.3, -0.25) is 4.79 Å². The van der Waals surface area contributed by atoms with Gasteiger partial charge in [0.2, 0.25) is 0 Å². The highest BCUT2D eigenvalue weighted by Gasteiger charge is 2.17. The maximum atomic E-state index is 12.6. The lowest BCUT2D eigenvalue weighted by Gasteiger charge is -2.10. The summed E-state index contributed by atoms with van der Waals surface area (Å²) in [5.41, 5.74) is 0.189. The first kappa shape index (κ1) is 14.5. The fraction of sp³-hybridized carbons (Fsp3) is 0.176. The van der Waals surface area contributed by atoms with Gasteiger partial charge in [-0.1, -0.05) is 12.1 Å². The molecule has 0 radical (unpaired) electrons. The number of esters is 1. The molecule has 5 heteroatoms. The third-order valence-corrected chi connectivity index (χ3v) is 4.52. The molecule has 0 aliphatic heterocycles. The SMILES string of the molecule is CCOc1cc2sc3ccccc3c(=O)c2cc1C(=O)OC. The third kappa shape index (κ3) is 2.33. The lowest BCUT2D eigenvalue weighted by atomic mass is 10.1. The van der Waals surface area contributed by atoms with E-state index in [9.17, 15) is 9.59 Å². The van der Waals surface area contributed by atoms with E-state index >= 15 is 0 Å². The third-order valence-electron chi connectivity index (χ3n) is 3.38. The van der Waals surface area contributed by atoms with Crippen LogP contribution in [0.15, 0.2) is 41.2 Å². The summed E-state index contributed by atoms with van der Waals surface area (Å²) < 4.78 is 12.0. The first-order valence-electron chi connectivity index (χ1n) is 6.86. The topological polar surface area (TPSA) is 52.6 Å². The van der Waals surface area contributed by atoms with Crippen LogP contribution in [-0.2, 0) is 4.74 Å². The van der Waals surface area contributed by atoms with Gasteiger partial charge < -0.3 is 9.47 Å². The molecule has 0 amide bonds. The van der Waals surface area contributed by atoms with Crippen molar-refractivity contribution in [3.63, 3.8) is 0 Å². The average Bonchev–Trinajstić information content (AvgIpc) is 2.54. The van der Waals surface area contributed by atoms with Crippen molar-refractivity contribution in [3.05, 3.63) is 52.2 Å². The highest BCUT2D eigenvalue weighted by molar-refractivity contribution is 7.24. The van der Waals surface area contributed by atoms with Crippen molar-refractivity contribution in [1.82, 2.24) is 0 Å². The van der Waals surface area contributed by atoms with Crippen LogP contribution in [0.1, 0.15) is 17.3 Å². The summed E-state index contributed by atoms with van der Waals surface area (Å²) in [6, 6.07) is 10.7. The van der Waals surface area contributed by atoms with Gasteiger partial charge in [0, 0.05) is 20.2 Å². The molecular formula is C17H14O4S. The van der Waals surface area contributed by atoms with Crippen LogP contribution in [0.4, 0.5) is 0 Å². The van der Waals surface area contributed by atoms with E-state index in [1.54, 1.807) is 18.2 Å². The predicted molar refractivity (Wildman–Crippen MR) is 88.1 cm³/mol. The van der Waals surface area contributed by atoms with Crippen LogP contribution in [-0.4, -0.2) is 19.7 Å². The standard InChI is InChI=1S/C17H14O4S/c1-3-21-13-9-15-12(8-11(13)17(19)20-2)16(18)10-6-4-5-7-14(10)22-15/h4-9H,3H2,1-2H3. The van der Waals surface area contributed by atoms with E-state index in [1.165, 1.54) is 18.4 Å². The molecule has 112 valence electrons. The smallest absolute Gasteiger partial charge is 0.341 e. The van der Waals surface area contributed by atoms with Gasteiger partial charge in [0.1, 0.15) is 11.3 Å². The van der Waals surface area contributed by atoms with Crippen molar-refractivity contribution in [2.45, 2.75) is 6.92 Å². The van der Waals surface area contributed by atoms with Crippen molar-refractivity contribution in [3.8, 4) is 5.75 Å². The monoisotopic (exact) mass is 314 g/mol. The molecule has 0 spiro atoms. The number of hydrogen-bond donors (Lipinski definition) is 0. The number of carbonyl (C=O) groups excluding carboxylic acids is 1. The molecule has 4 nitrogen and oxygen atoms in total. The molecule has 2 aromatic carbocycles. The summed E-state index contributed by atoms with van der Waals surface area (Å²) >= 11 is 1.50.